The highest BCUT2D eigenvalue weighted by molar-refractivity contribution is 5.81. The molecule has 116 valence electrons. The first-order valence-corrected chi connectivity index (χ1v) is 8.20. The van der Waals surface area contributed by atoms with Crippen molar-refractivity contribution < 1.29 is 9.53 Å². The van der Waals surface area contributed by atoms with Gasteiger partial charge in [-0.3, -0.25) is 4.79 Å². The molecule has 1 unspecified atom stereocenters. The van der Waals surface area contributed by atoms with Crippen LogP contribution in [0.2, 0.25) is 0 Å². The third kappa shape index (κ3) is 5.07. The lowest BCUT2D eigenvalue weighted by Gasteiger charge is -2.23. The molecule has 0 saturated heterocycles. The monoisotopic (exact) mass is 289 g/mol. The van der Waals surface area contributed by atoms with Crippen molar-refractivity contribution in [3.05, 3.63) is 29.8 Å². The van der Waals surface area contributed by atoms with Gasteiger partial charge in [-0.15, -0.1) is 0 Å². The molecular weight excluding hydrogens is 262 g/mol. The van der Waals surface area contributed by atoms with Crippen LogP contribution in [0.3, 0.4) is 0 Å². The molecule has 2 rings (SSSR count). The fraction of sp³-hybridized carbons (Fsp3) is 0.611. The van der Waals surface area contributed by atoms with Crippen molar-refractivity contribution >= 4 is 5.91 Å². The van der Waals surface area contributed by atoms with E-state index in [1.165, 1.54) is 37.7 Å². The Morgan fingerprint density at radius 1 is 1.24 bits per heavy atom. The third-order valence-corrected chi connectivity index (χ3v) is 4.25. The van der Waals surface area contributed by atoms with E-state index in [0.29, 0.717) is 12.3 Å². The zero-order valence-electron chi connectivity index (χ0n) is 13.2. The zero-order chi connectivity index (χ0) is 15.1. The van der Waals surface area contributed by atoms with E-state index in [0.717, 1.165) is 12.3 Å². The third-order valence-electron chi connectivity index (χ3n) is 4.25. The highest BCUT2D eigenvalue weighted by Crippen LogP contribution is 2.23. The number of rotatable bonds is 6. The zero-order valence-corrected chi connectivity index (χ0v) is 13.2. The predicted octanol–water partition coefficient (Wildman–Crippen LogP) is 3.85. The number of carbonyl (C=O) groups excluding carboxylic acids is 1. The number of hydrogen-bond acceptors (Lipinski definition) is 2. The molecular formula is C18H27NO2. The van der Waals surface area contributed by atoms with Crippen LogP contribution in [0.25, 0.3) is 0 Å². The molecule has 0 heterocycles. The maximum Gasteiger partial charge on any atom is 0.261 e. The summed E-state index contributed by atoms with van der Waals surface area (Å²) in [6.07, 6.45) is 6.74. The Morgan fingerprint density at radius 3 is 2.52 bits per heavy atom. The Kier molecular flexibility index (Phi) is 6.09. The summed E-state index contributed by atoms with van der Waals surface area (Å²) in [6.45, 7) is 4.82. The summed E-state index contributed by atoms with van der Waals surface area (Å²) in [5.41, 5.74) is 1.19. The first kappa shape index (κ1) is 15.9. The fourth-order valence-corrected chi connectivity index (χ4v) is 2.85. The molecule has 3 nitrogen and oxygen atoms in total. The minimum Gasteiger partial charge on any atom is -0.481 e. The van der Waals surface area contributed by atoms with Crippen LogP contribution in [0.15, 0.2) is 24.3 Å². The van der Waals surface area contributed by atoms with Crippen LogP contribution in [-0.2, 0) is 4.79 Å². The van der Waals surface area contributed by atoms with Crippen LogP contribution in [-0.4, -0.2) is 18.6 Å². The van der Waals surface area contributed by atoms with E-state index in [4.69, 9.17) is 4.74 Å². The molecule has 1 amide bonds. The van der Waals surface area contributed by atoms with Gasteiger partial charge in [0, 0.05) is 6.54 Å². The average molecular weight is 289 g/mol. The quantitative estimate of drug-likeness (QED) is 0.864. The lowest BCUT2D eigenvalue weighted by molar-refractivity contribution is -0.128. The first-order chi connectivity index (χ1) is 10.2. The van der Waals surface area contributed by atoms with Crippen molar-refractivity contribution in [2.24, 2.45) is 5.92 Å². The molecule has 0 aliphatic heterocycles. The second-order valence-corrected chi connectivity index (χ2v) is 6.08. The molecule has 1 aliphatic rings. The topological polar surface area (TPSA) is 38.3 Å². The molecule has 1 aliphatic carbocycles. The maximum atomic E-state index is 12.3. The summed E-state index contributed by atoms with van der Waals surface area (Å²) in [4.78, 5) is 12.3. The van der Waals surface area contributed by atoms with Gasteiger partial charge >= 0.3 is 0 Å². The number of hydrogen-bond donors (Lipinski definition) is 1. The van der Waals surface area contributed by atoms with Crippen LogP contribution in [0, 0.1) is 12.8 Å². The molecule has 0 spiro atoms. The number of benzene rings is 1. The molecule has 3 heteroatoms. The van der Waals surface area contributed by atoms with Gasteiger partial charge in [0.2, 0.25) is 0 Å². The second kappa shape index (κ2) is 8.06. The van der Waals surface area contributed by atoms with E-state index in [-0.39, 0.29) is 5.91 Å². The van der Waals surface area contributed by atoms with Gasteiger partial charge in [0.1, 0.15) is 5.75 Å². The summed E-state index contributed by atoms with van der Waals surface area (Å²) >= 11 is 0. The molecule has 1 fully saturated rings. The van der Waals surface area contributed by atoms with Gasteiger partial charge in [-0.1, -0.05) is 43.9 Å². The van der Waals surface area contributed by atoms with Crippen molar-refractivity contribution in [3.8, 4) is 5.75 Å². The minimum absolute atomic E-state index is 0.0173. The molecule has 1 aromatic carbocycles. The largest absolute Gasteiger partial charge is 0.481 e. The second-order valence-electron chi connectivity index (χ2n) is 6.08. The van der Waals surface area contributed by atoms with E-state index in [2.05, 4.69) is 5.32 Å². The van der Waals surface area contributed by atoms with E-state index in [1.807, 2.05) is 38.1 Å². The van der Waals surface area contributed by atoms with Crippen molar-refractivity contribution in [2.75, 3.05) is 6.54 Å². The molecule has 21 heavy (non-hydrogen) atoms. The number of aryl methyl sites for hydroxylation is 1. The number of carbonyl (C=O) groups is 1. The highest BCUT2D eigenvalue weighted by Gasteiger charge is 2.20. The Balaban J connectivity index is 1.81. The van der Waals surface area contributed by atoms with Crippen LogP contribution in [0.4, 0.5) is 0 Å². The van der Waals surface area contributed by atoms with Crippen molar-refractivity contribution in [2.45, 2.75) is 58.5 Å². The average Bonchev–Trinajstić information content (AvgIpc) is 2.53. The van der Waals surface area contributed by atoms with E-state index in [1.54, 1.807) is 0 Å². The lowest BCUT2D eigenvalue weighted by Crippen LogP contribution is -2.40. The molecule has 1 atom stereocenters. The highest BCUT2D eigenvalue weighted by atomic mass is 16.5. The Labute approximate surface area is 128 Å². The van der Waals surface area contributed by atoms with Gasteiger partial charge in [-0.2, -0.15) is 0 Å². The van der Waals surface area contributed by atoms with Crippen LogP contribution in [0.5, 0.6) is 5.75 Å². The van der Waals surface area contributed by atoms with Crippen LogP contribution >= 0.6 is 0 Å². The molecule has 0 bridgehead atoms. The summed E-state index contributed by atoms with van der Waals surface area (Å²) in [5, 5.41) is 3.07. The molecule has 0 aromatic heterocycles. The molecule has 1 aromatic rings. The maximum absolute atomic E-state index is 12.3. The SMILES string of the molecule is CCC(Oc1ccc(C)cc1)C(=O)NCC1CCCCC1. The summed E-state index contributed by atoms with van der Waals surface area (Å²) < 4.78 is 5.81. The van der Waals surface area contributed by atoms with Crippen molar-refractivity contribution in [1.29, 1.82) is 0 Å². The number of ether oxygens (including phenoxy) is 1. The predicted molar refractivity (Wildman–Crippen MR) is 85.5 cm³/mol. The Hall–Kier alpha value is -1.51. The van der Waals surface area contributed by atoms with Crippen LogP contribution < -0.4 is 10.1 Å². The van der Waals surface area contributed by atoms with Gasteiger partial charge in [-0.05, 0) is 44.2 Å². The van der Waals surface area contributed by atoms with Crippen molar-refractivity contribution in [1.82, 2.24) is 5.32 Å². The smallest absolute Gasteiger partial charge is 0.261 e. The fourth-order valence-electron chi connectivity index (χ4n) is 2.85. The summed E-state index contributed by atoms with van der Waals surface area (Å²) in [6, 6.07) is 7.85. The van der Waals surface area contributed by atoms with E-state index >= 15 is 0 Å². The molecule has 1 saturated carbocycles. The van der Waals surface area contributed by atoms with Gasteiger partial charge in [0.15, 0.2) is 6.10 Å². The minimum atomic E-state index is -0.392. The first-order valence-electron chi connectivity index (χ1n) is 8.20. The summed E-state index contributed by atoms with van der Waals surface area (Å²) in [7, 11) is 0. The standard InChI is InChI=1S/C18H27NO2/c1-3-17(21-16-11-9-14(2)10-12-16)18(20)19-13-15-7-5-4-6-8-15/h9-12,15,17H,3-8,13H2,1-2H3,(H,19,20). The molecule has 1 N–H and O–H groups in total. The Bertz CT molecular complexity index is 435. The van der Waals surface area contributed by atoms with Crippen molar-refractivity contribution in [3.63, 3.8) is 0 Å². The molecule has 0 radical (unpaired) electrons. The lowest BCUT2D eigenvalue weighted by atomic mass is 9.89. The van der Waals surface area contributed by atoms with Crippen LogP contribution in [0.1, 0.15) is 51.0 Å². The number of amides is 1. The Morgan fingerprint density at radius 2 is 1.90 bits per heavy atom. The van der Waals surface area contributed by atoms with E-state index < -0.39 is 6.10 Å². The van der Waals surface area contributed by atoms with Gasteiger partial charge in [0.25, 0.3) is 5.91 Å². The van der Waals surface area contributed by atoms with E-state index in [9.17, 15) is 4.79 Å². The number of nitrogens with one attached hydrogen (secondary N) is 1. The normalized spacial score (nSPS) is 17.2. The van der Waals surface area contributed by atoms with Gasteiger partial charge in [-0.25, -0.2) is 0 Å². The van der Waals surface area contributed by atoms with Gasteiger partial charge < -0.3 is 10.1 Å². The summed E-state index contributed by atoms with van der Waals surface area (Å²) in [5.74, 6) is 1.43. The van der Waals surface area contributed by atoms with Gasteiger partial charge in [0.05, 0.1) is 0 Å².